The van der Waals surface area contributed by atoms with Crippen LogP contribution < -0.4 is 5.32 Å². The fourth-order valence-electron chi connectivity index (χ4n) is 0.142. The second-order valence-electron chi connectivity index (χ2n) is 1.08. The number of hydrogen-bond donors (Lipinski definition) is 1. The minimum absolute atomic E-state index is 1.08. The first-order valence-corrected chi connectivity index (χ1v) is 2.15. The Hall–Kier alpha value is -0.380. The summed E-state index contributed by atoms with van der Waals surface area (Å²) in [5.74, 6) is -1.49. The average Bonchev–Trinajstić information content (AvgIpc) is 1.62. The molecular weight excluding hydrogens is 139 g/mol. The molecule has 8 heavy (non-hydrogen) atoms. The number of hydrogen-bond acceptors (Lipinski definition) is 1. The largest absolute Gasteiger partial charge is 0.399 e. The number of alkyl halides is 3. The standard InChI is InChI=1S/C3H4ClF2NO/c1-7-2(8)3(4,5)6/h1H3,(H,7,8). The van der Waals surface area contributed by atoms with Crippen molar-refractivity contribution in [2.45, 2.75) is 5.38 Å². The predicted molar refractivity (Wildman–Crippen MR) is 24.9 cm³/mol. The molecule has 0 atom stereocenters. The highest BCUT2D eigenvalue weighted by atomic mass is 35.5. The third-order valence-electron chi connectivity index (χ3n) is 0.485. The first kappa shape index (κ1) is 7.62. The smallest absolute Gasteiger partial charge is 0.353 e. The highest BCUT2D eigenvalue weighted by Crippen LogP contribution is 2.17. The van der Waals surface area contributed by atoms with Crippen LogP contribution in [-0.2, 0) is 4.79 Å². The molecule has 0 bridgehead atoms. The third-order valence-corrected chi connectivity index (χ3v) is 0.656. The van der Waals surface area contributed by atoms with Gasteiger partial charge in [-0.2, -0.15) is 8.78 Å². The summed E-state index contributed by atoms with van der Waals surface area (Å²) in [5, 5.41) is -2.09. The van der Waals surface area contributed by atoms with E-state index in [1.807, 2.05) is 0 Å². The van der Waals surface area contributed by atoms with Gasteiger partial charge in [0.1, 0.15) is 0 Å². The van der Waals surface area contributed by atoms with Gasteiger partial charge >= 0.3 is 11.3 Å². The summed E-state index contributed by atoms with van der Waals surface area (Å²) >= 11 is 4.24. The van der Waals surface area contributed by atoms with Crippen LogP contribution in [0.15, 0.2) is 0 Å². The average molecular weight is 144 g/mol. The molecule has 0 fully saturated rings. The zero-order valence-corrected chi connectivity index (χ0v) is 4.80. The Balaban J connectivity index is 3.82. The fraction of sp³-hybridized carbons (Fsp3) is 0.667. The molecule has 0 aliphatic carbocycles. The number of carbonyl (C=O) groups is 1. The van der Waals surface area contributed by atoms with Gasteiger partial charge in [-0.3, -0.25) is 4.79 Å². The summed E-state index contributed by atoms with van der Waals surface area (Å²) in [4.78, 5) is 9.84. The molecule has 0 radical (unpaired) electrons. The fourth-order valence-corrected chi connectivity index (χ4v) is 0.236. The van der Waals surface area contributed by atoms with Crippen LogP contribution in [0.1, 0.15) is 0 Å². The molecule has 0 aliphatic heterocycles. The second kappa shape index (κ2) is 2.26. The quantitative estimate of drug-likeness (QED) is 0.534. The Labute approximate surface area is 49.8 Å². The lowest BCUT2D eigenvalue weighted by atomic mass is 10.6. The van der Waals surface area contributed by atoms with Crippen molar-refractivity contribution in [3.05, 3.63) is 0 Å². The Morgan fingerprint density at radius 3 is 2.12 bits per heavy atom. The molecule has 1 amide bonds. The molecule has 0 aromatic rings. The second-order valence-corrected chi connectivity index (χ2v) is 1.55. The molecule has 0 aromatic heterocycles. The van der Waals surface area contributed by atoms with E-state index in [-0.39, 0.29) is 0 Å². The molecule has 5 heteroatoms. The Bertz CT molecular complexity index is 99.9. The minimum Gasteiger partial charge on any atom is -0.353 e. The first-order valence-electron chi connectivity index (χ1n) is 1.77. The maximum atomic E-state index is 11.5. The summed E-state index contributed by atoms with van der Waals surface area (Å²) in [7, 11) is 1.08. The molecule has 0 heterocycles. The summed E-state index contributed by atoms with van der Waals surface area (Å²) in [6.45, 7) is 0. The van der Waals surface area contributed by atoms with Crippen molar-refractivity contribution in [3.8, 4) is 0 Å². The molecule has 0 aliphatic rings. The third kappa shape index (κ3) is 2.07. The molecule has 0 rings (SSSR count). The monoisotopic (exact) mass is 143 g/mol. The van der Waals surface area contributed by atoms with Crippen molar-refractivity contribution in [1.82, 2.24) is 5.32 Å². The summed E-state index contributed by atoms with van der Waals surface area (Å²) in [6.07, 6.45) is 0. The van der Waals surface area contributed by atoms with Gasteiger partial charge in [0.25, 0.3) is 0 Å². The number of carbonyl (C=O) groups excluding carboxylic acids is 1. The van der Waals surface area contributed by atoms with Crippen LogP contribution in [0.2, 0.25) is 0 Å². The van der Waals surface area contributed by atoms with E-state index in [1.165, 1.54) is 0 Å². The van der Waals surface area contributed by atoms with Gasteiger partial charge in [0.05, 0.1) is 0 Å². The first-order chi connectivity index (χ1) is 3.48. The van der Waals surface area contributed by atoms with Crippen LogP contribution in [0, 0.1) is 0 Å². The highest BCUT2D eigenvalue weighted by molar-refractivity contribution is 6.32. The SMILES string of the molecule is CNC(=O)C(F)(F)Cl. The van der Waals surface area contributed by atoms with E-state index in [2.05, 4.69) is 11.6 Å². The molecule has 0 saturated heterocycles. The van der Waals surface area contributed by atoms with Crippen LogP contribution in [0.4, 0.5) is 8.78 Å². The number of rotatable bonds is 1. The molecule has 0 unspecified atom stereocenters. The number of halogens is 3. The van der Waals surface area contributed by atoms with Gasteiger partial charge in [0, 0.05) is 7.05 Å². The van der Waals surface area contributed by atoms with E-state index in [0.717, 1.165) is 7.05 Å². The maximum absolute atomic E-state index is 11.5. The van der Waals surface area contributed by atoms with E-state index >= 15 is 0 Å². The predicted octanol–water partition coefficient (Wildman–Crippen LogP) is 0.564. The number of amides is 1. The Morgan fingerprint density at radius 2 is 2.12 bits per heavy atom. The topological polar surface area (TPSA) is 29.1 Å². The van der Waals surface area contributed by atoms with Gasteiger partial charge in [-0.15, -0.1) is 0 Å². The molecule has 1 N–H and O–H groups in total. The zero-order valence-electron chi connectivity index (χ0n) is 4.04. The molecule has 2 nitrogen and oxygen atoms in total. The molecule has 0 aromatic carbocycles. The van der Waals surface area contributed by atoms with Crippen LogP contribution in [0.5, 0.6) is 0 Å². The van der Waals surface area contributed by atoms with E-state index < -0.39 is 11.3 Å². The van der Waals surface area contributed by atoms with Crippen LogP contribution in [-0.4, -0.2) is 18.3 Å². The van der Waals surface area contributed by atoms with Crippen molar-refractivity contribution in [1.29, 1.82) is 0 Å². The van der Waals surface area contributed by atoms with Crippen molar-refractivity contribution >= 4 is 17.5 Å². The van der Waals surface area contributed by atoms with Crippen LogP contribution in [0.3, 0.4) is 0 Å². The zero-order chi connectivity index (χ0) is 6.78. The van der Waals surface area contributed by atoms with E-state index in [4.69, 9.17) is 0 Å². The molecule has 0 saturated carbocycles. The van der Waals surface area contributed by atoms with Crippen molar-refractivity contribution < 1.29 is 13.6 Å². The minimum atomic E-state index is -3.77. The maximum Gasteiger partial charge on any atom is 0.399 e. The number of nitrogens with one attached hydrogen (secondary N) is 1. The van der Waals surface area contributed by atoms with Gasteiger partial charge in [0.2, 0.25) is 0 Å². The van der Waals surface area contributed by atoms with Gasteiger partial charge in [-0.05, 0) is 11.6 Å². The highest BCUT2D eigenvalue weighted by Gasteiger charge is 2.34. The molecular formula is C3H4ClF2NO. The molecule has 0 spiro atoms. The lowest BCUT2D eigenvalue weighted by Gasteiger charge is -2.02. The van der Waals surface area contributed by atoms with Crippen molar-refractivity contribution in [2.75, 3.05) is 7.05 Å². The summed E-state index contributed by atoms with van der Waals surface area (Å²) in [5.41, 5.74) is 0. The normalized spacial score (nSPS) is 11.0. The molecule has 48 valence electrons. The van der Waals surface area contributed by atoms with E-state index in [1.54, 1.807) is 5.32 Å². The van der Waals surface area contributed by atoms with Crippen LogP contribution >= 0.6 is 11.6 Å². The van der Waals surface area contributed by atoms with Gasteiger partial charge < -0.3 is 5.32 Å². The summed E-state index contributed by atoms with van der Waals surface area (Å²) < 4.78 is 22.9. The van der Waals surface area contributed by atoms with Gasteiger partial charge in [-0.25, -0.2) is 0 Å². The Morgan fingerprint density at radius 1 is 1.75 bits per heavy atom. The van der Waals surface area contributed by atoms with Gasteiger partial charge in [0.15, 0.2) is 0 Å². The van der Waals surface area contributed by atoms with E-state index in [0.29, 0.717) is 0 Å². The van der Waals surface area contributed by atoms with Crippen molar-refractivity contribution in [3.63, 3.8) is 0 Å². The van der Waals surface area contributed by atoms with Crippen molar-refractivity contribution in [2.24, 2.45) is 0 Å². The lowest BCUT2D eigenvalue weighted by molar-refractivity contribution is -0.135. The lowest BCUT2D eigenvalue weighted by Crippen LogP contribution is -2.32. The van der Waals surface area contributed by atoms with Gasteiger partial charge in [-0.1, -0.05) is 0 Å². The Kier molecular flexibility index (Phi) is 2.15. The van der Waals surface area contributed by atoms with Crippen LogP contribution in [0.25, 0.3) is 0 Å². The summed E-state index contributed by atoms with van der Waals surface area (Å²) in [6, 6.07) is 0. The van der Waals surface area contributed by atoms with E-state index in [9.17, 15) is 13.6 Å².